The van der Waals surface area contributed by atoms with Crippen LogP contribution < -0.4 is 5.32 Å². The molecule has 1 rings (SSSR count). The van der Waals surface area contributed by atoms with Gasteiger partial charge < -0.3 is 9.88 Å². The van der Waals surface area contributed by atoms with Gasteiger partial charge in [0.1, 0.15) is 11.8 Å². The average molecular weight is 239 g/mol. The zero-order chi connectivity index (χ0) is 12.0. The first-order valence-electron chi connectivity index (χ1n) is 5.28. The standard InChI is InChI=1S/C11H17N3OS/c1-3-16(15)5-4-13-8-10-6-11(7-12)14(2)9-10/h6,9,13H,3-5,8H2,1-2H3. The second-order valence-corrected chi connectivity index (χ2v) is 5.43. The van der Waals surface area contributed by atoms with Crippen molar-refractivity contribution < 1.29 is 4.21 Å². The Morgan fingerprint density at radius 1 is 1.62 bits per heavy atom. The number of hydrogen-bond acceptors (Lipinski definition) is 3. The molecule has 0 saturated carbocycles. The normalized spacial score (nSPS) is 12.3. The molecule has 0 radical (unpaired) electrons. The maximum atomic E-state index is 11.2. The van der Waals surface area contributed by atoms with Gasteiger partial charge >= 0.3 is 0 Å². The van der Waals surface area contributed by atoms with E-state index >= 15 is 0 Å². The molecule has 0 saturated heterocycles. The fourth-order valence-electron chi connectivity index (χ4n) is 1.40. The summed E-state index contributed by atoms with van der Waals surface area (Å²) >= 11 is 0. The number of nitrogens with one attached hydrogen (secondary N) is 1. The quantitative estimate of drug-likeness (QED) is 0.745. The SMILES string of the molecule is CCS(=O)CCNCc1cc(C#N)n(C)c1. The molecule has 4 nitrogen and oxygen atoms in total. The number of hydrogen-bond donors (Lipinski definition) is 1. The van der Waals surface area contributed by atoms with Crippen molar-refractivity contribution in [2.75, 3.05) is 18.1 Å². The molecule has 0 fully saturated rings. The molecule has 0 aliphatic heterocycles. The molecule has 1 heterocycles. The molecule has 0 spiro atoms. The molecule has 0 aliphatic carbocycles. The Kier molecular flexibility index (Phi) is 5.23. The minimum absolute atomic E-state index is 0.661. The topological polar surface area (TPSA) is 57.8 Å². The van der Waals surface area contributed by atoms with Crippen LogP contribution in [0.2, 0.25) is 0 Å². The lowest BCUT2D eigenvalue weighted by atomic mass is 10.3. The molecule has 5 heteroatoms. The Balaban J connectivity index is 2.33. The van der Waals surface area contributed by atoms with Crippen LogP contribution >= 0.6 is 0 Å². The first-order valence-corrected chi connectivity index (χ1v) is 6.77. The van der Waals surface area contributed by atoms with Crippen LogP contribution in [0.3, 0.4) is 0 Å². The molecule has 0 bridgehead atoms. The van der Waals surface area contributed by atoms with E-state index in [1.165, 1.54) is 0 Å². The highest BCUT2D eigenvalue weighted by Gasteiger charge is 2.01. The van der Waals surface area contributed by atoms with Crippen molar-refractivity contribution in [1.29, 1.82) is 5.26 Å². The molecular weight excluding hydrogens is 222 g/mol. The summed E-state index contributed by atoms with van der Waals surface area (Å²) in [5, 5.41) is 12.0. The molecule has 1 aromatic heterocycles. The highest BCUT2D eigenvalue weighted by molar-refractivity contribution is 7.84. The van der Waals surface area contributed by atoms with E-state index in [0.717, 1.165) is 18.7 Å². The van der Waals surface area contributed by atoms with Crippen molar-refractivity contribution in [2.45, 2.75) is 13.5 Å². The van der Waals surface area contributed by atoms with E-state index in [-0.39, 0.29) is 0 Å². The van der Waals surface area contributed by atoms with Gasteiger partial charge in [0, 0.05) is 48.6 Å². The van der Waals surface area contributed by atoms with Crippen LogP contribution in [0.1, 0.15) is 18.2 Å². The summed E-state index contributed by atoms with van der Waals surface area (Å²) in [5.74, 6) is 1.40. The summed E-state index contributed by atoms with van der Waals surface area (Å²) in [5.41, 5.74) is 1.75. The highest BCUT2D eigenvalue weighted by Crippen LogP contribution is 2.05. The van der Waals surface area contributed by atoms with Crippen molar-refractivity contribution in [2.24, 2.45) is 7.05 Å². The van der Waals surface area contributed by atoms with Gasteiger partial charge in [0.25, 0.3) is 0 Å². The summed E-state index contributed by atoms with van der Waals surface area (Å²) in [6.45, 7) is 3.39. The van der Waals surface area contributed by atoms with Crippen molar-refractivity contribution in [1.82, 2.24) is 9.88 Å². The van der Waals surface area contributed by atoms with Gasteiger partial charge in [0.2, 0.25) is 0 Å². The first-order chi connectivity index (χ1) is 7.67. The van der Waals surface area contributed by atoms with Gasteiger partial charge in [-0.15, -0.1) is 0 Å². The molecule has 0 aliphatic rings. The fourth-order valence-corrected chi connectivity index (χ4v) is 2.06. The van der Waals surface area contributed by atoms with Crippen LogP contribution in [-0.4, -0.2) is 26.8 Å². The Hall–Kier alpha value is -1.12. The van der Waals surface area contributed by atoms with E-state index < -0.39 is 10.8 Å². The van der Waals surface area contributed by atoms with Crippen LogP contribution in [0.5, 0.6) is 0 Å². The van der Waals surface area contributed by atoms with E-state index in [2.05, 4.69) is 11.4 Å². The number of nitriles is 1. The van der Waals surface area contributed by atoms with Gasteiger partial charge in [-0.1, -0.05) is 6.92 Å². The molecule has 88 valence electrons. The van der Waals surface area contributed by atoms with Gasteiger partial charge in [0.15, 0.2) is 0 Å². The molecule has 1 unspecified atom stereocenters. The number of aryl methyl sites for hydroxylation is 1. The zero-order valence-electron chi connectivity index (χ0n) is 9.69. The maximum Gasteiger partial charge on any atom is 0.120 e. The monoisotopic (exact) mass is 239 g/mol. The van der Waals surface area contributed by atoms with Gasteiger partial charge in [0.05, 0.1) is 0 Å². The number of rotatable bonds is 6. The van der Waals surface area contributed by atoms with Crippen molar-refractivity contribution in [3.05, 3.63) is 23.5 Å². The van der Waals surface area contributed by atoms with Gasteiger partial charge in [-0.05, 0) is 11.6 Å². The van der Waals surface area contributed by atoms with Crippen molar-refractivity contribution in [3.63, 3.8) is 0 Å². The van der Waals surface area contributed by atoms with Crippen molar-refractivity contribution >= 4 is 10.8 Å². The average Bonchev–Trinajstić information content (AvgIpc) is 2.64. The lowest BCUT2D eigenvalue weighted by Gasteiger charge is -2.01. The number of nitrogens with zero attached hydrogens (tertiary/aromatic N) is 2. The van der Waals surface area contributed by atoms with Crippen LogP contribution in [-0.2, 0) is 24.4 Å². The third-order valence-electron chi connectivity index (χ3n) is 2.33. The molecule has 1 aromatic rings. The Morgan fingerprint density at radius 2 is 2.38 bits per heavy atom. The van der Waals surface area contributed by atoms with Gasteiger partial charge in [-0.2, -0.15) is 5.26 Å². The summed E-state index contributed by atoms with van der Waals surface area (Å²) in [6.07, 6.45) is 1.93. The minimum Gasteiger partial charge on any atom is -0.342 e. The predicted octanol–water partition coefficient (Wildman–Crippen LogP) is 0.755. The van der Waals surface area contributed by atoms with E-state index in [0.29, 0.717) is 17.2 Å². The van der Waals surface area contributed by atoms with Crippen LogP contribution in [0.15, 0.2) is 12.3 Å². The van der Waals surface area contributed by atoms with Gasteiger partial charge in [-0.25, -0.2) is 0 Å². The number of aromatic nitrogens is 1. The lowest BCUT2D eigenvalue weighted by molar-refractivity contribution is 0.673. The first kappa shape index (κ1) is 12.9. The zero-order valence-corrected chi connectivity index (χ0v) is 10.5. The highest BCUT2D eigenvalue weighted by atomic mass is 32.2. The summed E-state index contributed by atoms with van der Waals surface area (Å²) < 4.78 is 13.0. The third-order valence-corrected chi connectivity index (χ3v) is 3.64. The molecule has 1 N–H and O–H groups in total. The van der Waals surface area contributed by atoms with E-state index in [9.17, 15) is 4.21 Å². The Labute approximate surface area is 98.7 Å². The van der Waals surface area contributed by atoms with E-state index in [1.54, 1.807) is 4.57 Å². The van der Waals surface area contributed by atoms with Crippen LogP contribution in [0.4, 0.5) is 0 Å². The lowest BCUT2D eigenvalue weighted by Crippen LogP contribution is -2.20. The summed E-state index contributed by atoms with van der Waals surface area (Å²) in [6, 6.07) is 3.98. The van der Waals surface area contributed by atoms with Crippen LogP contribution in [0.25, 0.3) is 0 Å². The fraction of sp³-hybridized carbons (Fsp3) is 0.545. The molecule has 1 atom stereocenters. The second-order valence-electron chi connectivity index (χ2n) is 3.57. The summed E-state index contributed by atoms with van der Waals surface area (Å²) in [7, 11) is 1.15. The Morgan fingerprint density at radius 3 is 2.94 bits per heavy atom. The second kappa shape index (κ2) is 6.46. The molecular formula is C11H17N3OS. The van der Waals surface area contributed by atoms with Gasteiger partial charge in [-0.3, -0.25) is 4.21 Å². The molecule has 0 aromatic carbocycles. The minimum atomic E-state index is -0.706. The maximum absolute atomic E-state index is 11.2. The third kappa shape index (κ3) is 3.80. The van der Waals surface area contributed by atoms with Crippen LogP contribution in [0, 0.1) is 11.3 Å². The predicted molar refractivity (Wildman–Crippen MR) is 65.4 cm³/mol. The van der Waals surface area contributed by atoms with Crippen molar-refractivity contribution in [3.8, 4) is 6.07 Å². The summed E-state index contributed by atoms with van der Waals surface area (Å²) in [4.78, 5) is 0. The van der Waals surface area contributed by atoms with E-state index in [1.807, 2.05) is 26.2 Å². The molecule has 0 amide bonds. The smallest absolute Gasteiger partial charge is 0.120 e. The van der Waals surface area contributed by atoms with E-state index in [4.69, 9.17) is 5.26 Å². The Bertz CT molecular complexity index is 406. The molecule has 16 heavy (non-hydrogen) atoms. The largest absolute Gasteiger partial charge is 0.342 e.